The zero-order valence-electron chi connectivity index (χ0n) is 11.6. The first kappa shape index (κ1) is 14.8. The minimum absolute atomic E-state index is 0.451. The summed E-state index contributed by atoms with van der Waals surface area (Å²) in [5, 5.41) is 3.36. The number of benzene rings is 1. The molecule has 2 heterocycles. The van der Waals surface area contributed by atoms with Crippen molar-refractivity contribution >= 4 is 0 Å². The van der Waals surface area contributed by atoms with E-state index < -0.39 is 17.6 Å². The maximum Gasteiger partial charge on any atom is 0.419 e. The van der Waals surface area contributed by atoms with Crippen molar-refractivity contribution in [2.45, 2.75) is 19.1 Å². The average Bonchev–Trinajstić information content (AvgIpc) is 2.87. The predicted molar refractivity (Wildman–Crippen MR) is 71.1 cm³/mol. The van der Waals surface area contributed by atoms with Gasteiger partial charge in [0.15, 0.2) is 0 Å². The van der Waals surface area contributed by atoms with Crippen molar-refractivity contribution in [2.75, 3.05) is 26.2 Å². The summed E-state index contributed by atoms with van der Waals surface area (Å²) in [6.45, 7) is 4.27. The van der Waals surface area contributed by atoms with Crippen LogP contribution in [0.2, 0.25) is 0 Å². The Morgan fingerprint density at radius 3 is 2.71 bits per heavy atom. The first-order valence-electron chi connectivity index (χ1n) is 7.22. The molecule has 0 radical (unpaired) electrons. The van der Waals surface area contributed by atoms with Crippen molar-refractivity contribution < 1.29 is 17.6 Å². The summed E-state index contributed by atoms with van der Waals surface area (Å²) in [7, 11) is 0. The van der Waals surface area contributed by atoms with E-state index in [2.05, 4.69) is 10.2 Å². The lowest BCUT2D eigenvalue weighted by molar-refractivity contribution is -0.140. The number of piperidine rings is 1. The van der Waals surface area contributed by atoms with Gasteiger partial charge in [0.2, 0.25) is 0 Å². The van der Waals surface area contributed by atoms with E-state index >= 15 is 0 Å². The van der Waals surface area contributed by atoms with E-state index in [-0.39, 0.29) is 0 Å². The van der Waals surface area contributed by atoms with Crippen LogP contribution < -0.4 is 5.32 Å². The summed E-state index contributed by atoms with van der Waals surface area (Å²) in [4.78, 5) is 2.17. The van der Waals surface area contributed by atoms with E-state index in [1.165, 1.54) is 6.07 Å². The number of halogens is 4. The van der Waals surface area contributed by atoms with Gasteiger partial charge in [-0.15, -0.1) is 0 Å². The van der Waals surface area contributed by atoms with Crippen LogP contribution in [0.25, 0.3) is 0 Å². The van der Waals surface area contributed by atoms with Gasteiger partial charge in [0.1, 0.15) is 5.82 Å². The lowest BCUT2D eigenvalue weighted by Gasteiger charge is -2.34. The van der Waals surface area contributed by atoms with Crippen molar-refractivity contribution in [3.8, 4) is 0 Å². The third-order valence-corrected chi connectivity index (χ3v) is 4.53. The molecule has 2 aliphatic heterocycles. The number of hydrogen-bond acceptors (Lipinski definition) is 2. The second-order valence-corrected chi connectivity index (χ2v) is 6.01. The van der Waals surface area contributed by atoms with Crippen molar-refractivity contribution in [3.05, 3.63) is 35.1 Å². The fourth-order valence-electron chi connectivity index (χ4n) is 3.40. The molecule has 2 atom stereocenters. The van der Waals surface area contributed by atoms with Crippen LogP contribution in [0.4, 0.5) is 17.6 Å². The van der Waals surface area contributed by atoms with Crippen LogP contribution in [-0.2, 0) is 12.7 Å². The fourth-order valence-corrected chi connectivity index (χ4v) is 3.40. The predicted octanol–water partition coefficient (Wildman–Crippen LogP) is 2.89. The Labute approximate surface area is 121 Å². The number of likely N-dealkylation sites (tertiary alicyclic amines) is 1. The summed E-state index contributed by atoms with van der Waals surface area (Å²) in [6.07, 6.45) is -3.56. The Kier molecular flexibility index (Phi) is 3.92. The summed E-state index contributed by atoms with van der Waals surface area (Å²) in [6, 6.07) is 3.31. The molecule has 0 amide bonds. The Hall–Kier alpha value is -1.14. The minimum atomic E-state index is -4.64. The monoisotopic (exact) mass is 302 g/mol. The molecule has 1 N–H and O–H groups in total. The van der Waals surface area contributed by atoms with Crippen LogP contribution >= 0.6 is 0 Å². The number of alkyl halides is 3. The summed E-state index contributed by atoms with van der Waals surface area (Å²) >= 11 is 0. The van der Waals surface area contributed by atoms with E-state index in [4.69, 9.17) is 0 Å². The van der Waals surface area contributed by atoms with Gasteiger partial charge in [-0.05, 0) is 55.6 Å². The van der Waals surface area contributed by atoms with Crippen molar-refractivity contribution in [1.29, 1.82) is 0 Å². The number of nitrogens with one attached hydrogen (secondary N) is 1. The van der Waals surface area contributed by atoms with Crippen molar-refractivity contribution in [3.63, 3.8) is 0 Å². The summed E-state index contributed by atoms with van der Waals surface area (Å²) in [5.41, 5.74) is -0.648. The normalized spacial score (nSPS) is 26.9. The highest BCUT2D eigenvalue weighted by atomic mass is 19.4. The summed E-state index contributed by atoms with van der Waals surface area (Å²) < 4.78 is 51.4. The highest BCUT2D eigenvalue weighted by Gasteiger charge is 2.35. The Morgan fingerprint density at radius 1 is 1.19 bits per heavy atom. The molecule has 2 unspecified atom stereocenters. The molecule has 1 aromatic rings. The molecule has 0 saturated carbocycles. The van der Waals surface area contributed by atoms with Crippen LogP contribution in [0.3, 0.4) is 0 Å². The van der Waals surface area contributed by atoms with Crippen LogP contribution in [0.5, 0.6) is 0 Å². The maximum atomic E-state index is 13.3. The molecule has 0 aliphatic carbocycles. The second-order valence-electron chi connectivity index (χ2n) is 6.01. The molecule has 2 saturated heterocycles. The van der Waals surface area contributed by atoms with Gasteiger partial charge in [-0.25, -0.2) is 4.39 Å². The molecule has 0 bridgehead atoms. The van der Waals surface area contributed by atoms with Gasteiger partial charge in [-0.2, -0.15) is 13.2 Å². The van der Waals surface area contributed by atoms with Crippen LogP contribution in [-0.4, -0.2) is 31.1 Å². The number of rotatable bonds is 2. The molecule has 2 nitrogen and oxygen atoms in total. The lowest BCUT2D eigenvalue weighted by atomic mass is 9.88. The third-order valence-electron chi connectivity index (χ3n) is 4.53. The molecule has 3 rings (SSSR count). The highest BCUT2D eigenvalue weighted by Crippen LogP contribution is 2.33. The molecule has 1 aromatic carbocycles. The molecule has 2 fully saturated rings. The maximum absolute atomic E-state index is 13.3. The van der Waals surface area contributed by atoms with E-state index in [0.717, 1.165) is 44.7 Å². The van der Waals surface area contributed by atoms with E-state index in [9.17, 15) is 17.6 Å². The van der Waals surface area contributed by atoms with Crippen molar-refractivity contribution in [2.24, 2.45) is 11.8 Å². The SMILES string of the molecule is Fc1ccc(CN2CCC3CNCC3C2)cc1C(F)(F)F. The molecular weight excluding hydrogens is 284 g/mol. The minimum Gasteiger partial charge on any atom is -0.316 e. The van der Waals surface area contributed by atoms with Crippen LogP contribution in [0.15, 0.2) is 18.2 Å². The van der Waals surface area contributed by atoms with Gasteiger partial charge in [-0.3, -0.25) is 4.90 Å². The fraction of sp³-hybridized carbons (Fsp3) is 0.600. The number of hydrogen-bond donors (Lipinski definition) is 1. The first-order chi connectivity index (χ1) is 9.93. The first-order valence-corrected chi connectivity index (χ1v) is 7.22. The molecule has 0 aromatic heterocycles. The van der Waals surface area contributed by atoms with E-state index in [0.29, 0.717) is 23.9 Å². The Bertz CT molecular complexity index is 515. The van der Waals surface area contributed by atoms with Gasteiger partial charge in [-0.1, -0.05) is 6.07 Å². The van der Waals surface area contributed by atoms with Gasteiger partial charge in [0, 0.05) is 13.1 Å². The largest absolute Gasteiger partial charge is 0.419 e. The summed E-state index contributed by atoms with van der Waals surface area (Å²) in [5.74, 6) is 0.0754. The molecular formula is C15H18F4N2. The smallest absolute Gasteiger partial charge is 0.316 e. The quantitative estimate of drug-likeness (QED) is 0.845. The molecule has 116 valence electrons. The standard InChI is InChI=1S/C15H18F4N2/c16-14-2-1-10(5-13(14)15(17,18)19)8-21-4-3-11-6-20-7-12(11)9-21/h1-2,5,11-12,20H,3-4,6-9H2. The topological polar surface area (TPSA) is 15.3 Å². The van der Waals surface area contributed by atoms with Crippen molar-refractivity contribution in [1.82, 2.24) is 10.2 Å². The Balaban J connectivity index is 1.70. The van der Waals surface area contributed by atoms with Gasteiger partial charge in [0.25, 0.3) is 0 Å². The second kappa shape index (κ2) is 5.57. The van der Waals surface area contributed by atoms with Crippen LogP contribution in [0.1, 0.15) is 17.5 Å². The van der Waals surface area contributed by atoms with Crippen LogP contribution in [0, 0.1) is 17.7 Å². The van der Waals surface area contributed by atoms with E-state index in [1.807, 2.05) is 0 Å². The van der Waals surface area contributed by atoms with E-state index in [1.54, 1.807) is 0 Å². The molecule has 0 spiro atoms. The lowest BCUT2D eigenvalue weighted by Crippen LogP contribution is -2.39. The molecule has 2 aliphatic rings. The van der Waals surface area contributed by atoms with Gasteiger partial charge < -0.3 is 5.32 Å². The third kappa shape index (κ3) is 3.21. The molecule has 21 heavy (non-hydrogen) atoms. The highest BCUT2D eigenvalue weighted by molar-refractivity contribution is 5.27. The number of nitrogens with zero attached hydrogens (tertiary/aromatic N) is 1. The molecule has 6 heteroatoms. The average molecular weight is 302 g/mol. The number of fused-ring (bicyclic) bond motifs is 1. The zero-order valence-corrected chi connectivity index (χ0v) is 11.6. The zero-order chi connectivity index (χ0) is 15.0. The van der Waals surface area contributed by atoms with Gasteiger partial charge in [0.05, 0.1) is 5.56 Å². The van der Waals surface area contributed by atoms with Gasteiger partial charge >= 0.3 is 6.18 Å². The Morgan fingerprint density at radius 2 is 1.95 bits per heavy atom.